The van der Waals surface area contributed by atoms with Crippen molar-refractivity contribution in [1.29, 1.82) is 5.26 Å². The Kier molecular flexibility index (Phi) is 3.44. The van der Waals surface area contributed by atoms with Gasteiger partial charge in [-0.3, -0.25) is 0 Å². The number of hydrogen-bond acceptors (Lipinski definition) is 2. The fraction of sp³-hybridized carbons (Fsp3) is 0.700. The van der Waals surface area contributed by atoms with Gasteiger partial charge in [-0.25, -0.2) is 4.39 Å². The van der Waals surface area contributed by atoms with Crippen LogP contribution in [0.1, 0.15) is 32.6 Å². The largest absolute Gasteiger partial charge is 0.322 e. The summed E-state index contributed by atoms with van der Waals surface area (Å²) in [6.07, 6.45) is 3.00. The van der Waals surface area contributed by atoms with Gasteiger partial charge in [-0.2, -0.15) is 5.26 Å². The lowest BCUT2D eigenvalue weighted by Gasteiger charge is -2.10. The highest BCUT2D eigenvalue weighted by molar-refractivity contribution is 5.24. The maximum absolute atomic E-state index is 13.5. The molecule has 1 aliphatic rings. The topological polar surface area (TPSA) is 49.8 Å². The molecule has 2 N–H and O–H groups in total. The molecule has 0 aromatic rings. The summed E-state index contributed by atoms with van der Waals surface area (Å²) in [6.45, 7) is 1.85. The average Bonchev–Trinajstić information content (AvgIpc) is 2.62. The van der Waals surface area contributed by atoms with Gasteiger partial charge in [0.15, 0.2) is 0 Å². The van der Waals surface area contributed by atoms with Crippen molar-refractivity contribution in [3.05, 3.63) is 11.4 Å². The lowest BCUT2D eigenvalue weighted by molar-refractivity contribution is 0.510. The van der Waals surface area contributed by atoms with E-state index >= 15 is 0 Å². The Bertz CT molecular complexity index is 252. The molecule has 1 fully saturated rings. The molecule has 2 nitrogen and oxygen atoms in total. The summed E-state index contributed by atoms with van der Waals surface area (Å²) >= 11 is 0. The van der Waals surface area contributed by atoms with Crippen molar-refractivity contribution >= 4 is 0 Å². The smallest absolute Gasteiger partial charge is 0.117 e. The van der Waals surface area contributed by atoms with Crippen LogP contribution in [-0.4, -0.2) is 6.04 Å². The van der Waals surface area contributed by atoms with Crippen LogP contribution in [0.5, 0.6) is 0 Å². The SMILES string of the molecule is CCC(N)C(F)=C1CCCC1C#N. The second-order valence-electron chi connectivity index (χ2n) is 3.46. The minimum absolute atomic E-state index is 0.224. The summed E-state index contributed by atoms with van der Waals surface area (Å²) < 4.78 is 13.5. The van der Waals surface area contributed by atoms with Crippen LogP contribution in [0.15, 0.2) is 11.4 Å². The van der Waals surface area contributed by atoms with Crippen LogP contribution in [0, 0.1) is 17.2 Å². The Balaban J connectivity index is 2.84. The van der Waals surface area contributed by atoms with Crippen LogP contribution in [0.2, 0.25) is 0 Å². The normalized spacial score (nSPS) is 28.3. The second-order valence-corrected chi connectivity index (χ2v) is 3.46. The fourth-order valence-electron chi connectivity index (χ4n) is 1.69. The van der Waals surface area contributed by atoms with E-state index in [4.69, 9.17) is 11.0 Å². The molecule has 72 valence electrons. The Labute approximate surface area is 78.2 Å². The zero-order chi connectivity index (χ0) is 9.84. The maximum Gasteiger partial charge on any atom is 0.117 e. The van der Waals surface area contributed by atoms with E-state index in [1.165, 1.54) is 0 Å². The van der Waals surface area contributed by atoms with Crippen LogP contribution in [0.25, 0.3) is 0 Å². The van der Waals surface area contributed by atoms with Gasteiger partial charge >= 0.3 is 0 Å². The third-order valence-electron chi connectivity index (χ3n) is 2.59. The van der Waals surface area contributed by atoms with Crippen molar-refractivity contribution in [2.75, 3.05) is 0 Å². The molecule has 0 saturated heterocycles. The lowest BCUT2D eigenvalue weighted by atomic mass is 10.0. The van der Waals surface area contributed by atoms with E-state index in [0.717, 1.165) is 12.8 Å². The van der Waals surface area contributed by atoms with Gasteiger partial charge in [-0.05, 0) is 31.3 Å². The van der Waals surface area contributed by atoms with E-state index in [0.29, 0.717) is 18.4 Å². The molecule has 1 rings (SSSR count). The summed E-state index contributed by atoms with van der Waals surface area (Å²) in [7, 11) is 0. The van der Waals surface area contributed by atoms with Gasteiger partial charge in [0.2, 0.25) is 0 Å². The number of nitriles is 1. The third kappa shape index (κ3) is 2.07. The van der Waals surface area contributed by atoms with E-state index in [-0.39, 0.29) is 11.7 Å². The van der Waals surface area contributed by atoms with Gasteiger partial charge in [-0.1, -0.05) is 6.92 Å². The summed E-state index contributed by atoms with van der Waals surface area (Å²) in [5, 5.41) is 8.75. The Hall–Kier alpha value is -0.880. The first-order valence-corrected chi connectivity index (χ1v) is 4.74. The monoisotopic (exact) mass is 182 g/mol. The van der Waals surface area contributed by atoms with Crippen molar-refractivity contribution in [2.24, 2.45) is 11.7 Å². The Morgan fingerprint density at radius 1 is 1.85 bits per heavy atom. The van der Waals surface area contributed by atoms with E-state index in [1.807, 2.05) is 6.92 Å². The minimum atomic E-state index is -0.510. The summed E-state index contributed by atoms with van der Waals surface area (Å²) in [6, 6.07) is 1.61. The summed E-state index contributed by atoms with van der Waals surface area (Å²) in [5.41, 5.74) is 6.22. The van der Waals surface area contributed by atoms with Crippen molar-refractivity contribution in [3.63, 3.8) is 0 Å². The number of hydrogen-bond donors (Lipinski definition) is 1. The number of nitrogens with zero attached hydrogens (tertiary/aromatic N) is 1. The van der Waals surface area contributed by atoms with E-state index in [1.54, 1.807) is 0 Å². The van der Waals surface area contributed by atoms with Crippen LogP contribution in [0.3, 0.4) is 0 Å². The standard InChI is InChI=1S/C10H15FN2/c1-2-9(13)10(11)8-5-3-4-7(8)6-12/h7,9H,2-5,13H2,1H3. The quantitative estimate of drug-likeness (QED) is 0.712. The minimum Gasteiger partial charge on any atom is -0.322 e. The first-order valence-electron chi connectivity index (χ1n) is 4.74. The Morgan fingerprint density at radius 2 is 2.54 bits per heavy atom. The molecule has 2 atom stereocenters. The molecule has 0 bridgehead atoms. The van der Waals surface area contributed by atoms with Gasteiger partial charge in [0.1, 0.15) is 5.83 Å². The number of nitrogens with two attached hydrogens (primary N) is 1. The number of rotatable bonds is 2. The zero-order valence-corrected chi connectivity index (χ0v) is 7.89. The van der Waals surface area contributed by atoms with Crippen molar-refractivity contribution in [3.8, 4) is 6.07 Å². The van der Waals surface area contributed by atoms with Gasteiger partial charge in [0.05, 0.1) is 18.0 Å². The number of halogens is 1. The average molecular weight is 182 g/mol. The van der Waals surface area contributed by atoms with Crippen molar-refractivity contribution in [1.82, 2.24) is 0 Å². The highest BCUT2D eigenvalue weighted by atomic mass is 19.1. The summed E-state index contributed by atoms with van der Waals surface area (Å²) in [5.74, 6) is -0.468. The van der Waals surface area contributed by atoms with Crippen LogP contribution in [0.4, 0.5) is 4.39 Å². The molecule has 0 aromatic carbocycles. The van der Waals surface area contributed by atoms with Gasteiger partial charge < -0.3 is 5.73 Å². The predicted molar refractivity (Wildman–Crippen MR) is 49.4 cm³/mol. The molecule has 2 unspecified atom stereocenters. The van der Waals surface area contributed by atoms with Gasteiger partial charge in [0, 0.05) is 0 Å². The van der Waals surface area contributed by atoms with Crippen LogP contribution < -0.4 is 5.73 Å². The van der Waals surface area contributed by atoms with E-state index in [9.17, 15) is 4.39 Å². The zero-order valence-electron chi connectivity index (χ0n) is 7.89. The second kappa shape index (κ2) is 4.38. The van der Waals surface area contributed by atoms with Crippen molar-refractivity contribution < 1.29 is 4.39 Å². The van der Waals surface area contributed by atoms with E-state index < -0.39 is 6.04 Å². The molecule has 0 radical (unpaired) electrons. The first kappa shape index (κ1) is 10.2. The maximum atomic E-state index is 13.5. The third-order valence-corrected chi connectivity index (χ3v) is 2.59. The first-order chi connectivity index (χ1) is 6.20. The van der Waals surface area contributed by atoms with E-state index in [2.05, 4.69) is 6.07 Å². The fourth-order valence-corrected chi connectivity index (χ4v) is 1.69. The molecular weight excluding hydrogens is 167 g/mol. The molecule has 1 aliphatic carbocycles. The van der Waals surface area contributed by atoms with Gasteiger partial charge in [-0.15, -0.1) is 0 Å². The molecule has 0 amide bonds. The molecule has 13 heavy (non-hydrogen) atoms. The van der Waals surface area contributed by atoms with Crippen LogP contribution in [-0.2, 0) is 0 Å². The molecule has 0 heterocycles. The number of allylic oxidation sites excluding steroid dienone is 1. The molecule has 0 spiro atoms. The Morgan fingerprint density at radius 3 is 3.08 bits per heavy atom. The van der Waals surface area contributed by atoms with Crippen molar-refractivity contribution in [2.45, 2.75) is 38.6 Å². The molecule has 0 aliphatic heterocycles. The highest BCUT2D eigenvalue weighted by Gasteiger charge is 2.26. The highest BCUT2D eigenvalue weighted by Crippen LogP contribution is 2.34. The predicted octanol–water partition coefficient (Wildman–Crippen LogP) is 2.27. The molecular formula is C10H15FN2. The summed E-state index contributed by atoms with van der Waals surface area (Å²) in [4.78, 5) is 0. The molecule has 3 heteroatoms. The van der Waals surface area contributed by atoms with Crippen LogP contribution >= 0.6 is 0 Å². The lowest BCUT2D eigenvalue weighted by Crippen LogP contribution is -2.21. The molecule has 0 aromatic heterocycles. The van der Waals surface area contributed by atoms with Gasteiger partial charge in [0.25, 0.3) is 0 Å². The molecule has 1 saturated carbocycles.